The fourth-order valence-electron chi connectivity index (χ4n) is 2.04. The van der Waals surface area contributed by atoms with Crippen molar-refractivity contribution in [3.8, 4) is 5.75 Å². The molecule has 120 valence electrons. The first-order valence-corrected chi connectivity index (χ1v) is 9.25. The van der Waals surface area contributed by atoms with E-state index in [0.717, 1.165) is 0 Å². The van der Waals surface area contributed by atoms with Crippen LogP contribution in [0.5, 0.6) is 5.75 Å². The molecule has 0 amide bonds. The van der Waals surface area contributed by atoms with E-state index in [9.17, 15) is 8.42 Å². The Labute approximate surface area is 136 Å². The van der Waals surface area contributed by atoms with Crippen LogP contribution in [0.4, 0.5) is 0 Å². The van der Waals surface area contributed by atoms with Gasteiger partial charge >= 0.3 is 0 Å². The Morgan fingerprint density at radius 2 is 1.67 bits per heavy atom. The molecule has 0 radical (unpaired) electrons. The Morgan fingerprint density at radius 3 is 2.05 bits per heavy atom. The summed E-state index contributed by atoms with van der Waals surface area (Å²) in [5.74, 6) is 1.17. The lowest BCUT2D eigenvalue weighted by Crippen LogP contribution is -2.37. The zero-order valence-electron chi connectivity index (χ0n) is 13.3. The molecular formula is C15H24BrNO3S. The van der Waals surface area contributed by atoms with Gasteiger partial charge in [0, 0.05) is 13.1 Å². The van der Waals surface area contributed by atoms with Crippen molar-refractivity contribution >= 4 is 26.0 Å². The summed E-state index contributed by atoms with van der Waals surface area (Å²) in [6.45, 7) is 9.12. The van der Waals surface area contributed by atoms with Gasteiger partial charge in [0.15, 0.2) is 0 Å². The van der Waals surface area contributed by atoms with Gasteiger partial charge < -0.3 is 4.74 Å². The minimum atomic E-state index is -3.49. The summed E-state index contributed by atoms with van der Waals surface area (Å²) >= 11 is 3.34. The van der Waals surface area contributed by atoms with Crippen molar-refractivity contribution in [3.63, 3.8) is 0 Å². The fraction of sp³-hybridized carbons (Fsp3) is 0.600. The maximum absolute atomic E-state index is 12.8. The Balaban J connectivity index is 3.18. The van der Waals surface area contributed by atoms with Crippen molar-refractivity contribution in [3.05, 3.63) is 22.7 Å². The molecule has 0 aromatic heterocycles. The zero-order chi connectivity index (χ0) is 16.2. The SMILES string of the molecule is COc1ccc(S(=O)(=O)N(CC(C)C)CC(C)C)cc1Br. The van der Waals surface area contributed by atoms with E-state index in [1.807, 2.05) is 27.7 Å². The summed E-state index contributed by atoms with van der Waals surface area (Å²) in [5.41, 5.74) is 0. The molecule has 6 heteroatoms. The van der Waals surface area contributed by atoms with Crippen LogP contribution >= 0.6 is 15.9 Å². The van der Waals surface area contributed by atoms with Crippen LogP contribution in [0.1, 0.15) is 27.7 Å². The molecule has 0 atom stereocenters. The minimum absolute atomic E-state index is 0.278. The van der Waals surface area contributed by atoms with Gasteiger partial charge in [-0.25, -0.2) is 8.42 Å². The monoisotopic (exact) mass is 377 g/mol. The first-order chi connectivity index (χ1) is 9.68. The summed E-state index contributed by atoms with van der Waals surface area (Å²) in [7, 11) is -1.94. The first kappa shape index (κ1) is 18.5. The van der Waals surface area contributed by atoms with Gasteiger partial charge in [-0.2, -0.15) is 4.31 Å². The van der Waals surface area contributed by atoms with Crippen molar-refractivity contribution in [2.75, 3.05) is 20.2 Å². The van der Waals surface area contributed by atoms with Gasteiger partial charge in [-0.15, -0.1) is 0 Å². The van der Waals surface area contributed by atoms with Crippen LogP contribution in [-0.4, -0.2) is 32.9 Å². The van der Waals surface area contributed by atoms with Gasteiger partial charge in [-0.05, 0) is 46.0 Å². The third-order valence-corrected chi connectivity index (χ3v) is 5.35. The normalized spacial score (nSPS) is 12.4. The molecule has 0 saturated carbocycles. The second kappa shape index (κ2) is 7.61. The third-order valence-electron chi connectivity index (χ3n) is 2.90. The summed E-state index contributed by atoms with van der Waals surface area (Å²) < 4.78 is 33.0. The lowest BCUT2D eigenvalue weighted by molar-refractivity contribution is 0.333. The Bertz CT molecular complexity index is 560. The van der Waals surface area contributed by atoms with E-state index in [4.69, 9.17) is 4.74 Å². The second-order valence-corrected chi connectivity index (χ2v) is 8.70. The van der Waals surface area contributed by atoms with Gasteiger partial charge in [0.05, 0.1) is 16.5 Å². The number of hydrogen-bond donors (Lipinski definition) is 0. The van der Waals surface area contributed by atoms with E-state index in [1.54, 1.807) is 29.6 Å². The van der Waals surface area contributed by atoms with Crippen LogP contribution < -0.4 is 4.74 Å². The predicted molar refractivity (Wildman–Crippen MR) is 89.1 cm³/mol. The van der Waals surface area contributed by atoms with E-state index in [1.165, 1.54) is 0 Å². The van der Waals surface area contributed by atoms with E-state index < -0.39 is 10.0 Å². The molecule has 0 heterocycles. The molecule has 0 spiro atoms. The predicted octanol–water partition coefficient (Wildman–Crippen LogP) is 3.76. The van der Waals surface area contributed by atoms with Crippen LogP contribution in [-0.2, 0) is 10.0 Å². The average Bonchev–Trinajstić information content (AvgIpc) is 2.36. The van der Waals surface area contributed by atoms with Gasteiger partial charge in [-0.3, -0.25) is 0 Å². The lowest BCUT2D eigenvalue weighted by Gasteiger charge is -2.25. The van der Waals surface area contributed by atoms with Crippen molar-refractivity contribution in [1.29, 1.82) is 0 Å². The molecule has 1 rings (SSSR count). The van der Waals surface area contributed by atoms with Gasteiger partial charge in [0.1, 0.15) is 5.75 Å². The molecule has 21 heavy (non-hydrogen) atoms. The number of nitrogens with zero attached hydrogens (tertiary/aromatic N) is 1. The van der Waals surface area contributed by atoms with Crippen molar-refractivity contribution < 1.29 is 13.2 Å². The number of methoxy groups -OCH3 is 1. The van der Waals surface area contributed by atoms with Crippen LogP contribution in [0.15, 0.2) is 27.6 Å². The Morgan fingerprint density at radius 1 is 1.14 bits per heavy atom. The molecule has 4 nitrogen and oxygen atoms in total. The maximum Gasteiger partial charge on any atom is 0.243 e. The molecule has 1 aromatic rings. The third kappa shape index (κ3) is 4.97. The highest BCUT2D eigenvalue weighted by Gasteiger charge is 2.26. The molecule has 0 unspecified atom stereocenters. The molecule has 0 aliphatic heterocycles. The fourth-order valence-corrected chi connectivity index (χ4v) is 4.53. The number of ether oxygens (including phenoxy) is 1. The zero-order valence-corrected chi connectivity index (χ0v) is 15.7. The smallest absolute Gasteiger partial charge is 0.243 e. The van der Waals surface area contributed by atoms with E-state index >= 15 is 0 Å². The molecule has 0 bridgehead atoms. The molecule has 1 aromatic carbocycles. The van der Waals surface area contributed by atoms with E-state index in [0.29, 0.717) is 23.3 Å². The van der Waals surface area contributed by atoms with Crippen molar-refractivity contribution in [2.24, 2.45) is 11.8 Å². The van der Waals surface area contributed by atoms with Crippen LogP contribution in [0.2, 0.25) is 0 Å². The quantitative estimate of drug-likeness (QED) is 0.726. The second-order valence-electron chi connectivity index (χ2n) is 5.91. The highest BCUT2D eigenvalue weighted by molar-refractivity contribution is 9.10. The van der Waals surface area contributed by atoms with E-state index in [2.05, 4.69) is 15.9 Å². The van der Waals surface area contributed by atoms with E-state index in [-0.39, 0.29) is 16.7 Å². The van der Waals surface area contributed by atoms with Crippen molar-refractivity contribution in [2.45, 2.75) is 32.6 Å². The Hall–Kier alpha value is -0.590. The number of sulfonamides is 1. The Kier molecular flexibility index (Phi) is 6.69. The number of hydrogen-bond acceptors (Lipinski definition) is 3. The van der Waals surface area contributed by atoms with Crippen LogP contribution in [0.25, 0.3) is 0 Å². The first-order valence-electron chi connectivity index (χ1n) is 7.02. The summed E-state index contributed by atoms with van der Waals surface area (Å²) in [4.78, 5) is 0.288. The van der Waals surface area contributed by atoms with Crippen LogP contribution in [0, 0.1) is 11.8 Å². The number of halogens is 1. The molecular weight excluding hydrogens is 354 g/mol. The van der Waals surface area contributed by atoms with Crippen molar-refractivity contribution in [1.82, 2.24) is 4.31 Å². The highest BCUT2D eigenvalue weighted by Crippen LogP contribution is 2.29. The molecule has 0 N–H and O–H groups in total. The number of benzene rings is 1. The summed E-state index contributed by atoms with van der Waals surface area (Å²) in [5, 5.41) is 0. The van der Waals surface area contributed by atoms with Gasteiger partial charge in [0.25, 0.3) is 0 Å². The average molecular weight is 378 g/mol. The largest absolute Gasteiger partial charge is 0.496 e. The van der Waals surface area contributed by atoms with Crippen LogP contribution in [0.3, 0.4) is 0 Å². The number of rotatable bonds is 7. The molecule has 0 saturated heterocycles. The summed E-state index contributed by atoms with van der Waals surface area (Å²) in [6.07, 6.45) is 0. The highest BCUT2D eigenvalue weighted by atomic mass is 79.9. The van der Waals surface area contributed by atoms with Gasteiger partial charge in [0.2, 0.25) is 10.0 Å². The standard InChI is InChI=1S/C15H24BrNO3S/c1-11(2)9-17(10-12(3)4)21(18,19)13-6-7-15(20-5)14(16)8-13/h6-8,11-12H,9-10H2,1-5H3. The molecule has 0 aliphatic carbocycles. The maximum atomic E-state index is 12.8. The van der Waals surface area contributed by atoms with Gasteiger partial charge in [-0.1, -0.05) is 27.7 Å². The summed E-state index contributed by atoms with van der Waals surface area (Å²) in [6, 6.07) is 4.86. The molecule has 0 fully saturated rings. The molecule has 0 aliphatic rings. The lowest BCUT2D eigenvalue weighted by atomic mass is 10.2. The minimum Gasteiger partial charge on any atom is -0.496 e. The topological polar surface area (TPSA) is 46.6 Å².